The van der Waals surface area contributed by atoms with Crippen LogP contribution >= 0.6 is 0 Å². The molecular weight excluding hydrogens is 271 g/mol. The van der Waals surface area contributed by atoms with Gasteiger partial charge in [-0.25, -0.2) is 4.39 Å². The summed E-state index contributed by atoms with van der Waals surface area (Å²) >= 11 is 0. The third kappa shape index (κ3) is 5.80. The molecule has 0 radical (unpaired) electrons. The van der Waals surface area contributed by atoms with Gasteiger partial charge in [-0.2, -0.15) is 0 Å². The van der Waals surface area contributed by atoms with E-state index >= 15 is 0 Å². The zero-order valence-electron chi connectivity index (χ0n) is 10.6. The van der Waals surface area contributed by atoms with Crippen molar-refractivity contribution >= 4 is 28.1 Å². The fraction of sp³-hybridized carbons (Fsp3) is 0.417. The Morgan fingerprint density at radius 1 is 1.53 bits per heavy atom. The summed E-state index contributed by atoms with van der Waals surface area (Å²) < 4.78 is 29.3. The van der Waals surface area contributed by atoms with Crippen molar-refractivity contribution in [3.63, 3.8) is 0 Å². The maximum absolute atomic E-state index is 12.9. The zero-order valence-corrected chi connectivity index (χ0v) is 11.5. The molecule has 1 unspecified atom stereocenters. The summed E-state index contributed by atoms with van der Waals surface area (Å²) in [7, 11) is 0.332. The van der Waals surface area contributed by atoms with Gasteiger partial charge in [0.25, 0.3) is 0 Å². The summed E-state index contributed by atoms with van der Waals surface area (Å²) in [6, 6.07) is 3.89. The summed E-state index contributed by atoms with van der Waals surface area (Å²) in [5, 5.41) is 2.52. The van der Waals surface area contributed by atoms with Crippen molar-refractivity contribution in [3.05, 3.63) is 24.0 Å². The number of benzene rings is 1. The highest BCUT2D eigenvalue weighted by Crippen LogP contribution is 2.16. The number of hydrogen-bond acceptors (Lipinski definition) is 4. The van der Waals surface area contributed by atoms with Crippen molar-refractivity contribution < 1.29 is 18.1 Å². The molecule has 0 aliphatic rings. The lowest BCUT2D eigenvalue weighted by molar-refractivity contribution is -0.113. The highest BCUT2D eigenvalue weighted by molar-refractivity contribution is 7.85. The van der Waals surface area contributed by atoms with Gasteiger partial charge in [0.2, 0.25) is 5.91 Å². The van der Waals surface area contributed by atoms with E-state index in [1.165, 1.54) is 18.2 Å². The molecule has 1 aromatic carbocycles. The zero-order chi connectivity index (χ0) is 14.3. The number of carbonyl (C=O) groups is 1. The van der Waals surface area contributed by atoms with Crippen molar-refractivity contribution in [1.82, 2.24) is 0 Å². The summed E-state index contributed by atoms with van der Waals surface area (Å²) in [6.07, 6.45) is 0.639. The average molecular weight is 288 g/mol. The number of ether oxygens (including phenoxy) is 1. The molecule has 0 saturated carbocycles. The Bertz CT molecular complexity index is 468. The van der Waals surface area contributed by atoms with E-state index in [0.717, 1.165) is 0 Å². The van der Waals surface area contributed by atoms with Crippen LogP contribution in [0.5, 0.6) is 0 Å². The molecule has 7 heteroatoms. The van der Waals surface area contributed by atoms with Crippen LogP contribution in [0.25, 0.3) is 0 Å². The fourth-order valence-corrected chi connectivity index (χ4v) is 2.35. The number of nitrogens with two attached hydrogens (primary N) is 1. The molecule has 0 heterocycles. The van der Waals surface area contributed by atoms with Gasteiger partial charge in [0.1, 0.15) is 11.6 Å². The van der Waals surface area contributed by atoms with Gasteiger partial charge in [-0.05, 0) is 24.6 Å². The molecule has 1 amide bonds. The molecule has 0 bridgehead atoms. The number of rotatable bonds is 7. The van der Waals surface area contributed by atoms with Crippen LogP contribution in [0, 0.1) is 5.82 Å². The van der Waals surface area contributed by atoms with Gasteiger partial charge in [-0.15, -0.1) is 0 Å². The van der Waals surface area contributed by atoms with Gasteiger partial charge in [-0.1, -0.05) is 0 Å². The molecule has 1 aromatic rings. The van der Waals surface area contributed by atoms with E-state index in [1.807, 2.05) is 0 Å². The number of hydrogen-bond donors (Lipinski definition) is 2. The quantitative estimate of drug-likeness (QED) is 0.582. The molecule has 19 heavy (non-hydrogen) atoms. The van der Waals surface area contributed by atoms with Gasteiger partial charge in [0.05, 0.1) is 5.69 Å². The Morgan fingerprint density at radius 3 is 2.89 bits per heavy atom. The molecule has 0 aromatic heterocycles. The molecule has 0 spiro atoms. The van der Waals surface area contributed by atoms with Crippen LogP contribution in [0.4, 0.5) is 15.8 Å². The lowest BCUT2D eigenvalue weighted by Gasteiger charge is -2.06. The normalized spacial score (nSPS) is 12.1. The number of nitrogens with one attached hydrogen (secondary N) is 1. The van der Waals surface area contributed by atoms with Gasteiger partial charge in [-0.3, -0.25) is 9.00 Å². The van der Waals surface area contributed by atoms with Gasteiger partial charge in [0.15, 0.2) is 0 Å². The first-order chi connectivity index (χ1) is 9.02. The molecule has 0 fully saturated rings. The van der Waals surface area contributed by atoms with Crippen LogP contribution in [-0.4, -0.2) is 35.3 Å². The highest BCUT2D eigenvalue weighted by atomic mass is 32.2. The SMILES string of the molecule is COCCCS(=O)CC(=O)Nc1ccc(F)c(N)c1. The molecule has 106 valence electrons. The lowest BCUT2D eigenvalue weighted by Crippen LogP contribution is -2.21. The summed E-state index contributed by atoms with van der Waals surface area (Å²) in [5.74, 6) is -0.615. The predicted octanol–water partition coefficient (Wildman–Crippen LogP) is 1.13. The second kappa shape index (κ2) is 7.85. The van der Waals surface area contributed by atoms with Crippen molar-refractivity contribution in [3.8, 4) is 0 Å². The molecule has 1 rings (SSSR count). The topological polar surface area (TPSA) is 81.4 Å². The van der Waals surface area contributed by atoms with Crippen molar-refractivity contribution in [1.29, 1.82) is 0 Å². The first-order valence-corrected chi connectivity index (χ1v) is 7.20. The lowest BCUT2D eigenvalue weighted by atomic mass is 10.2. The monoisotopic (exact) mass is 288 g/mol. The van der Waals surface area contributed by atoms with Gasteiger partial charge >= 0.3 is 0 Å². The van der Waals surface area contributed by atoms with E-state index in [2.05, 4.69) is 5.32 Å². The van der Waals surface area contributed by atoms with E-state index in [1.54, 1.807) is 7.11 Å². The maximum atomic E-state index is 12.9. The number of halogens is 1. The van der Waals surface area contributed by atoms with Crippen molar-refractivity contribution in [2.45, 2.75) is 6.42 Å². The van der Waals surface area contributed by atoms with Crippen LogP contribution in [0.2, 0.25) is 0 Å². The smallest absolute Gasteiger partial charge is 0.236 e. The van der Waals surface area contributed by atoms with Crippen molar-refractivity contribution in [2.75, 3.05) is 36.3 Å². The largest absolute Gasteiger partial charge is 0.396 e. The van der Waals surface area contributed by atoms with Crippen LogP contribution < -0.4 is 11.1 Å². The maximum Gasteiger partial charge on any atom is 0.236 e. The minimum absolute atomic E-state index is 0.0426. The Kier molecular flexibility index (Phi) is 6.44. The predicted molar refractivity (Wildman–Crippen MR) is 73.8 cm³/mol. The first-order valence-electron chi connectivity index (χ1n) is 5.71. The molecular formula is C12H17FN2O3S. The Hall–Kier alpha value is -1.47. The minimum atomic E-state index is -1.23. The second-order valence-electron chi connectivity index (χ2n) is 3.92. The molecule has 3 N–H and O–H groups in total. The molecule has 0 aliphatic carbocycles. The first kappa shape index (κ1) is 15.6. The minimum Gasteiger partial charge on any atom is -0.396 e. The third-order valence-electron chi connectivity index (χ3n) is 2.29. The standard InChI is InChI=1S/C12H17FN2O3S/c1-18-5-2-6-19(17)8-12(16)15-9-3-4-10(13)11(14)7-9/h3-4,7H,2,5-6,8,14H2,1H3,(H,15,16). The molecule has 0 saturated heterocycles. The second-order valence-corrected chi connectivity index (χ2v) is 5.50. The molecule has 1 atom stereocenters. The van der Waals surface area contributed by atoms with E-state index in [4.69, 9.17) is 10.5 Å². The Balaban J connectivity index is 2.42. The van der Waals surface area contributed by atoms with E-state index < -0.39 is 16.6 Å². The van der Waals surface area contributed by atoms with Crippen molar-refractivity contribution in [2.24, 2.45) is 0 Å². The van der Waals surface area contributed by atoms with Crippen LogP contribution in [0.3, 0.4) is 0 Å². The summed E-state index contributed by atoms with van der Waals surface area (Å²) in [4.78, 5) is 11.6. The number of carbonyl (C=O) groups excluding carboxylic acids is 1. The van der Waals surface area contributed by atoms with E-state index in [0.29, 0.717) is 24.5 Å². The number of amides is 1. The van der Waals surface area contributed by atoms with Crippen LogP contribution in [0.1, 0.15) is 6.42 Å². The number of nitrogen functional groups attached to an aromatic ring is 1. The summed E-state index contributed by atoms with van der Waals surface area (Å²) in [6.45, 7) is 0.516. The molecule has 5 nitrogen and oxygen atoms in total. The molecule has 0 aliphatic heterocycles. The Labute approximate surface area is 113 Å². The fourth-order valence-electron chi connectivity index (χ4n) is 1.40. The number of anilines is 2. The van der Waals surface area contributed by atoms with Crippen LogP contribution in [-0.2, 0) is 20.3 Å². The third-order valence-corrected chi connectivity index (χ3v) is 3.62. The van der Waals surface area contributed by atoms with Gasteiger partial charge < -0.3 is 15.8 Å². The van der Waals surface area contributed by atoms with E-state index in [9.17, 15) is 13.4 Å². The van der Waals surface area contributed by atoms with E-state index in [-0.39, 0.29) is 17.3 Å². The van der Waals surface area contributed by atoms with Gasteiger partial charge in [0, 0.05) is 36.0 Å². The average Bonchev–Trinajstić information content (AvgIpc) is 2.34. The summed E-state index contributed by atoms with van der Waals surface area (Å²) in [5.41, 5.74) is 5.72. The Morgan fingerprint density at radius 2 is 2.26 bits per heavy atom. The van der Waals surface area contributed by atoms with Crippen LogP contribution in [0.15, 0.2) is 18.2 Å². The highest BCUT2D eigenvalue weighted by Gasteiger charge is 2.09. The number of methoxy groups -OCH3 is 1.